The number of likely N-dealkylation sites (tertiary alicyclic amines) is 1. The van der Waals surface area contributed by atoms with E-state index in [0.29, 0.717) is 5.69 Å². The molecule has 1 saturated heterocycles. The highest BCUT2D eigenvalue weighted by Gasteiger charge is 2.43. The third kappa shape index (κ3) is 5.26. The average Bonchev–Trinajstić information content (AvgIpc) is 3.29. The number of methoxy groups -OCH3 is 1. The van der Waals surface area contributed by atoms with Crippen molar-refractivity contribution in [2.24, 2.45) is 0 Å². The molecule has 0 radical (unpaired) electrons. The molecule has 2 unspecified atom stereocenters. The summed E-state index contributed by atoms with van der Waals surface area (Å²) < 4.78 is 4.99. The van der Waals surface area contributed by atoms with Crippen molar-refractivity contribution in [1.82, 2.24) is 10.2 Å². The van der Waals surface area contributed by atoms with Crippen LogP contribution in [-0.2, 0) is 14.3 Å². The molecule has 2 atom stereocenters. The van der Waals surface area contributed by atoms with Gasteiger partial charge in [0, 0.05) is 18.7 Å². The van der Waals surface area contributed by atoms with Crippen molar-refractivity contribution in [3.05, 3.63) is 102 Å². The summed E-state index contributed by atoms with van der Waals surface area (Å²) >= 11 is 0. The van der Waals surface area contributed by atoms with Crippen LogP contribution in [0.5, 0.6) is 0 Å². The van der Waals surface area contributed by atoms with E-state index < -0.39 is 30.0 Å². The molecule has 0 bridgehead atoms. The predicted molar refractivity (Wildman–Crippen MR) is 129 cm³/mol. The Balaban J connectivity index is 1.56. The van der Waals surface area contributed by atoms with Crippen molar-refractivity contribution in [1.29, 1.82) is 0 Å². The molecule has 1 aliphatic heterocycles. The molecule has 1 heterocycles. The number of hydrogen-bond acceptors (Lipinski definition) is 4. The lowest BCUT2D eigenvalue weighted by Gasteiger charge is -2.28. The molecular formula is C27H27N3O4. The first-order valence-electron chi connectivity index (χ1n) is 11.2. The summed E-state index contributed by atoms with van der Waals surface area (Å²) in [4.78, 5) is 40.5. The first-order chi connectivity index (χ1) is 16.6. The minimum atomic E-state index is -0.783. The number of nitrogens with one attached hydrogen (secondary N) is 2. The Morgan fingerprint density at radius 1 is 0.853 bits per heavy atom. The molecular weight excluding hydrogens is 430 g/mol. The molecule has 3 aromatic carbocycles. The number of benzene rings is 3. The Kier molecular flexibility index (Phi) is 7.22. The van der Waals surface area contributed by atoms with E-state index in [1.807, 2.05) is 78.9 Å². The van der Waals surface area contributed by atoms with E-state index in [2.05, 4.69) is 10.6 Å². The van der Waals surface area contributed by atoms with Crippen LogP contribution in [-0.4, -0.2) is 48.5 Å². The largest absolute Gasteiger partial charge is 0.467 e. The standard InChI is InChI=1S/C27H27N3O4/c1-34-26(32)23-17-22(29-27(33)28-21-15-9-4-10-16-21)18-30(23)25(31)24(19-11-5-2-6-12-19)20-13-7-3-8-14-20/h2-16,22-24H,17-18H2,1H3,(H2,28,29,33). The fourth-order valence-corrected chi connectivity index (χ4v) is 4.35. The van der Waals surface area contributed by atoms with Gasteiger partial charge in [-0.25, -0.2) is 9.59 Å². The maximum absolute atomic E-state index is 13.9. The summed E-state index contributed by atoms with van der Waals surface area (Å²) in [5.74, 6) is -1.28. The molecule has 34 heavy (non-hydrogen) atoms. The number of ether oxygens (including phenoxy) is 1. The molecule has 1 aliphatic rings. The lowest BCUT2D eigenvalue weighted by molar-refractivity contribution is -0.151. The van der Waals surface area contributed by atoms with Gasteiger partial charge in [-0.1, -0.05) is 78.9 Å². The number of urea groups is 1. The van der Waals surface area contributed by atoms with E-state index >= 15 is 0 Å². The number of rotatable bonds is 6. The summed E-state index contributed by atoms with van der Waals surface area (Å²) in [6, 6.07) is 26.5. The number of esters is 1. The molecule has 3 aromatic rings. The highest BCUT2D eigenvalue weighted by Crippen LogP contribution is 2.31. The Hall–Kier alpha value is -4.13. The fraction of sp³-hybridized carbons (Fsp3) is 0.222. The Morgan fingerprint density at radius 3 is 1.91 bits per heavy atom. The van der Waals surface area contributed by atoms with E-state index in [1.165, 1.54) is 12.0 Å². The van der Waals surface area contributed by atoms with Crippen LogP contribution in [0.15, 0.2) is 91.0 Å². The van der Waals surface area contributed by atoms with Gasteiger partial charge in [0.25, 0.3) is 0 Å². The van der Waals surface area contributed by atoms with E-state index in [0.717, 1.165) is 11.1 Å². The third-order valence-corrected chi connectivity index (χ3v) is 5.94. The van der Waals surface area contributed by atoms with Crippen LogP contribution in [0, 0.1) is 0 Å². The lowest BCUT2D eigenvalue weighted by atomic mass is 9.90. The van der Waals surface area contributed by atoms with Crippen LogP contribution in [0.25, 0.3) is 0 Å². The first-order valence-corrected chi connectivity index (χ1v) is 11.2. The highest BCUT2D eigenvalue weighted by atomic mass is 16.5. The monoisotopic (exact) mass is 457 g/mol. The summed E-state index contributed by atoms with van der Waals surface area (Å²) in [5.41, 5.74) is 2.32. The van der Waals surface area contributed by atoms with E-state index in [4.69, 9.17) is 4.74 Å². The maximum Gasteiger partial charge on any atom is 0.328 e. The molecule has 4 rings (SSSR count). The number of para-hydroxylation sites is 1. The van der Waals surface area contributed by atoms with Gasteiger partial charge in [-0.15, -0.1) is 0 Å². The average molecular weight is 458 g/mol. The van der Waals surface area contributed by atoms with Crippen molar-refractivity contribution in [3.8, 4) is 0 Å². The summed E-state index contributed by atoms with van der Waals surface area (Å²) in [5, 5.41) is 5.66. The molecule has 3 amide bonds. The number of hydrogen-bond donors (Lipinski definition) is 2. The molecule has 0 aliphatic carbocycles. The third-order valence-electron chi connectivity index (χ3n) is 5.94. The van der Waals surface area contributed by atoms with E-state index in [1.54, 1.807) is 12.1 Å². The van der Waals surface area contributed by atoms with Gasteiger partial charge in [-0.3, -0.25) is 4.79 Å². The quantitative estimate of drug-likeness (QED) is 0.552. The van der Waals surface area contributed by atoms with Gasteiger partial charge in [-0.2, -0.15) is 0 Å². The first kappa shape index (κ1) is 23.0. The van der Waals surface area contributed by atoms with Crippen LogP contribution >= 0.6 is 0 Å². The number of nitrogens with zero attached hydrogens (tertiary/aromatic N) is 1. The topological polar surface area (TPSA) is 87.7 Å². The number of carbonyl (C=O) groups is 3. The second-order valence-corrected chi connectivity index (χ2v) is 8.18. The number of amides is 3. The fourth-order valence-electron chi connectivity index (χ4n) is 4.35. The van der Waals surface area contributed by atoms with Crippen LogP contribution in [0.1, 0.15) is 23.5 Å². The Bertz CT molecular complexity index is 1080. The molecule has 2 N–H and O–H groups in total. The van der Waals surface area contributed by atoms with Crippen LogP contribution < -0.4 is 10.6 Å². The van der Waals surface area contributed by atoms with Crippen molar-refractivity contribution in [3.63, 3.8) is 0 Å². The molecule has 1 fully saturated rings. The number of carbonyl (C=O) groups excluding carboxylic acids is 3. The van der Waals surface area contributed by atoms with Gasteiger partial charge in [0.05, 0.1) is 19.1 Å². The molecule has 0 saturated carbocycles. The summed E-state index contributed by atoms with van der Waals surface area (Å²) in [7, 11) is 1.31. The van der Waals surface area contributed by atoms with Crippen LogP contribution in [0.3, 0.4) is 0 Å². The van der Waals surface area contributed by atoms with Gasteiger partial charge in [-0.05, 0) is 23.3 Å². The smallest absolute Gasteiger partial charge is 0.328 e. The minimum absolute atomic E-state index is 0.205. The molecule has 0 spiro atoms. The van der Waals surface area contributed by atoms with Crippen LogP contribution in [0.4, 0.5) is 10.5 Å². The van der Waals surface area contributed by atoms with Gasteiger partial charge < -0.3 is 20.3 Å². The second kappa shape index (κ2) is 10.7. The molecule has 7 heteroatoms. The van der Waals surface area contributed by atoms with Crippen molar-refractivity contribution < 1.29 is 19.1 Å². The predicted octanol–water partition coefficient (Wildman–Crippen LogP) is 3.78. The van der Waals surface area contributed by atoms with Crippen LogP contribution in [0.2, 0.25) is 0 Å². The van der Waals surface area contributed by atoms with Gasteiger partial charge >= 0.3 is 12.0 Å². The number of anilines is 1. The van der Waals surface area contributed by atoms with E-state index in [-0.39, 0.29) is 18.9 Å². The zero-order valence-electron chi connectivity index (χ0n) is 18.9. The Labute approximate surface area is 198 Å². The van der Waals surface area contributed by atoms with E-state index in [9.17, 15) is 14.4 Å². The van der Waals surface area contributed by atoms with Gasteiger partial charge in [0.1, 0.15) is 6.04 Å². The summed E-state index contributed by atoms with van der Waals surface area (Å²) in [6.45, 7) is 0.205. The van der Waals surface area contributed by atoms with Crippen molar-refractivity contribution in [2.75, 3.05) is 19.0 Å². The normalized spacial score (nSPS) is 17.3. The van der Waals surface area contributed by atoms with Gasteiger partial charge in [0.15, 0.2) is 0 Å². The van der Waals surface area contributed by atoms with Crippen molar-refractivity contribution >= 4 is 23.6 Å². The highest BCUT2D eigenvalue weighted by molar-refractivity contribution is 5.93. The summed E-state index contributed by atoms with van der Waals surface area (Å²) in [6.07, 6.45) is 0.275. The lowest BCUT2D eigenvalue weighted by Crippen LogP contribution is -2.44. The molecule has 7 nitrogen and oxygen atoms in total. The molecule has 0 aromatic heterocycles. The minimum Gasteiger partial charge on any atom is -0.467 e. The zero-order valence-corrected chi connectivity index (χ0v) is 18.9. The maximum atomic E-state index is 13.9. The van der Waals surface area contributed by atoms with Gasteiger partial charge in [0.2, 0.25) is 5.91 Å². The zero-order chi connectivity index (χ0) is 23.9. The second-order valence-electron chi connectivity index (χ2n) is 8.18. The molecule has 174 valence electrons. The van der Waals surface area contributed by atoms with Crippen molar-refractivity contribution in [2.45, 2.75) is 24.4 Å². The SMILES string of the molecule is COC(=O)C1CC(NC(=O)Nc2ccccc2)CN1C(=O)C(c1ccccc1)c1ccccc1. The Morgan fingerprint density at radius 2 is 1.38 bits per heavy atom.